The molecule has 0 atom stereocenters. The van der Waals surface area contributed by atoms with E-state index in [1.54, 1.807) is 32.3 Å². The van der Waals surface area contributed by atoms with E-state index in [4.69, 9.17) is 11.6 Å². The first-order chi connectivity index (χ1) is 9.99. The van der Waals surface area contributed by atoms with E-state index in [9.17, 15) is 9.59 Å². The summed E-state index contributed by atoms with van der Waals surface area (Å²) in [5, 5.41) is 6.57. The zero-order chi connectivity index (χ0) is 15.4. The third-order valence-corrected chi connectivity index (χ3v) is 3.82. The maximum absolute atomic E-state index is 12.3. The third kappa shape index (κ3) is 3.95. The number of amides is 2. The van der Waals surface area contributed by atoms with Gasteiger partial charge < -0.3 is 15.5 Å². The number of hydrogen-bond acceptors (Lipinski definition) is 3. The standard InChI is InChI=1S/C15H20ClN3O2/c1-19(2)15(21)12-4-3-11(16)9-13(12)18-14(20)10-5-7-17-8-6-10/h3-4,9-10,17H,5-8H2,1-2H3,(H,18,20). The fraction of sp³-hybridized carbons (Fsp3) is 0.467. The zero-order valence-electron chi connectivity index (χ0n) is 12.3. The molecule has 1 aliphatic heterocycles. The zero-order valence-corrected chi connectivity index (χ0v) is 13.0. The normalized spacial score (nSPS) is 15.6. The summed E-state index contributed by atoms with van der Waals surface area (Å²) in [6.07, 6.45) is 1.62. The van der Waals surface area contributed by atoms with E-state index >= 15 is 0 Å². The molecule has 1 saturated heterocycles. The van der Waals surface area contributed by atoms with Crippen LogP contribution in [-0.2, 0) is 4.79 Å². The van der Waals surface area contributed by atoms with Gasteiger partial charge in [0.25, 0.3) is 5.91 Å². The van der Waals surface area contributed by atoms with Crippen molar-refractivity contribution in [2.75, 3.05) is 32.5 Å². The van der Waals surface area contributed by atoms with Crippen LogP contribution < -0.4 is 10.6 Å². The molecular weight excluding hydrogens is 290 g/mol. The quantitative estimate of drug-likeness (QED) is 0.897. The van der Waals surface area contributed by atoms with Crippen LogP contribution in [-0.4, -0.2) is 43.9 Å². The van der Waals surface area contributed by atoms with Gasteiger partial charge in [-0.3, -0.25) is 9.59 Å². The van der Waals surface area contributed by atoms with Gasteiger partial charge in [-0.1, -0.05) is 11.6 Å². The Labute approximate surface area is 129 Å². The van der Waals surface area contributed by atoms with E-state index in [-0.39, 0.29) is 17.7 Å². The van der Waals surface area contributed by atoms with Crippen LogP contribution in [0, 0.1) is 5.92 Å². The second-order valence-electron chi connectivity index (χ2n) is 5.40. The van der Waals surface area contributed by atoms with Crippen LogP contribution in [0.15, 0.2) is 18.2 Å². The van der Waals surface area contributed by atoms with Crippen molar-refractivity contribution in [2.24, 2.45) is 5.92 Å². The molecule has 2 amide bonds. The van der Waals surface area contributed by atoms with Gasteiger partial charge in [0.2, 0.25) is 5.91 Å². The minimum absolute atomic E-state index is 0.0208. The van der Waals surface area contributed by atoms with Crippen LogP contribution in [0.3, 0.4) is 0 Å². The molecular formula is C15H20ClN3O2. The molecule has 1 heterocycles. The molecule has 1 fully saturated rings. The highest BCUT2D eigenvalue weighted by molar-refractivity contribution is 6.31. The largest absolute Gasteiger partial charge is 0.345 e. The highest BCUT2D eigenvalue weighted by Gasteiger charge is 2.23. The molecule has 2 N–H and O–H groups in total. The second-order valence-corrected chi connectivity index (χ2v) is 5.84. The van der Waals surface area contributed by atoms with E-state index in [2.05, 4.69) is 10.6 Å². The summed E-state index contributed by atoms with van der Waals surface area (Å²) >= 11 is 5.98. The van der Waals surface area contributed by atoms with Gasteiger partial charge in [-0.05, 0) is 44.1 Å². The third-order valence-electron chi connectivity index (χ3n) is 3.59. The lowest BCUT2D eigenvalue weighted by atomic mass is 9.97. The second kappa shape index (κ2) is 6.91. The Morgan fingerprint density at radius 2 is 1.95 bits per heavy atom. The van der Waals surface area contributed by atoms with Gasteiger partial charge in [0.15, 0.2) is 0 Å². The lowest BCUT2D eigenvalue weighted by molar-refractivity contribution is -0.120. The van der Waals surface area contributed by atoms with Crippen LogP contribution >= 0.6 is 11.6 Å². The smallest absolute Gasteiger partial charge is 0.255 e. The molecule has 0 aliphatic carbocycles. The molecule has 6 heteroatoms. The fourth-order valence-corrected chi connectivity index (χ4v) is 2.54. The first kappa shape index (κ1) is 15.8. The van der Waals surface area contributed by atoms with Crippen molar-refractivity contribution < 1.29 is 9.59 Å². The molecule has 2 rings (SSSR count). The van der Waals surface area contributed by atoms with Gasteiger partial charge in [-0.25, -0.2) is 0 Å². The number of nitrogens with one attached hydrogen (secondary N) is 2. The summed E-state index contributed by atoms with van der Waals surface area (Å²) in [6.45, 7) is 1.69. The van der Waals surface area contributed by atoms with Crippen LogP contribution in [0.1, 0.15) is 23.2 Å². The summed E-state index contributed by atoms with van der Waals surface area (Å²) in [6, 6.07) is 4.92. The predicted molar refractivity (Wildman–Crippen MR) is 83.7 cm³/mol. The summed E-state index contributed by atoms with van der Waals surface area (Å²) in [4.78, 5) is 25.9. The van der Waals surface area contributed by atoms with Gasteiger partial charge in [0.1, 0.15) is 0 Å². The Bertz CT molecular complexity index is 540. The van der Waals surface area contributed by atoms with Crippen molar-refractivity contribution in [1.82, 2.24) is 10.2 Å². The number of carbonyl (C=O) groups is 2. The van der Waals surface area contributed by atoms with Crippen molar-refractivity contribution in [3.63, 3.8) is 0 Å². The molecule has 114 valence electrons. The number of nitrogens with zero attached hydrogens (tertiary/aromatic N) is 1. The highest BCUT2D eigenvalue weighted by Crippen LogP contribution is 2.24. The topological polar surface area (TPSA) is 61.4 Å². The monoisotopic (exact) mass is 309 g/mol. The number of hydrogen-bond donors (Lipinski definition) is 2. The Morgan fingerprint density at radius 1 is 1.29 bits per heavy atom. The molecule has 0 bridgehead atoms. The molecule has 21 heavy (non-hydrogen) atoms. The molecule has 0 aromatic heterocycles. The molecule has 0 unspecified atom stereocenters. The van der Waals surface area contributed by atoms with Gasteiger partial charge >= 0.3 is 0 Å². The lowest BCUT2D eigenvalue weighted by Gasteiger charge is -2.22. The molecule has 1 aromatic carbocycles. The Kier molecular flexibility index (Phi) is 5.20. The maximum Gasteiger partial charge on any atom is 0.255 e. The average Bonchev–Trinajstić information content (AvgIpc) is 2.47. The van der Waals surface area contributed by atoms with Crippen LogP contribution in [0.4, 0.5) is 5.69 Å². The van der Waals surface area contributed by atoms with Crippen molar-refractivity contribution >= 4 is 29.1 Å². The van der Waals surface area contributed by atoms with E-state index in [1.807, 2.05) is 0 Å². The summed E-state index contributed by atoms with van der Waals surface area (Å²) in [7, 11) is 3.35. The molecule has 0 radical (unpaired) electrons. The molecule has 5 nitrogen and oxygen atoms in total. The maximum atomic E-state index is 12.3. The van der Waals surface area contributed by atoms with Crippen molar-refractivity contribution in [3.8, 4) is 0 Å². The van der Waals surface area contributed by atoms with Crippen molar-refractivity contribution in [1.29, 1.82) is 0 Å². The minimum Gasteiger partial charge on any atom is -0.345 e. The molecule has 0 spiro atoms. The summed E-state index contributed by atoms with van der Waals surface area (Å²) in [5.41, 5.74) is 0.927. The summed E-state index contributed by atoms with van der Waals surface area (Å²) < 4.78 is 0. The van der Waals surface area contributed by atoms with E-state index in [0.29, 0.717) is 16.3 Å². The molecule has 1 aliphatic rings. The number of piperidine rings is 1. The lowest BCUT2D eigenvalue weighted by Crippen LogP contribution is -2.35. The van der Waals surface area contributed by atoms with Gasteiger partial charge in [-0.2, -0.15) is 0 Å². The van der Waals surface area contributed by atoms with Crippen molar-refractivity contribution in [3.05, 3.63) is 28.8 Å². The highest BCUT2D eigenvalue weighted by atomic mass is 35.5. The van der Waals surface area contributed by atoms with Crippen molar-refractivity contribution in [2.45, 2.75) is 12.8 Å². The predicted octanol–water partition coefficient (Wildman–Crippen LogP) is 1.98. The fourth-order valence-electron chi connectivity index (χ4n) is 2.37. The molecule has 0 saturated carbocycles. The first-order valence-electron chi connectivity index (χ1n) is 7.02. The number of benzene rings is 1. The van der Waals surface area contributed by atoms with Crippen LogP contribution in [0.2, 0.25) is 5.02 Å². The minimum atomic E-state index is -0.160. The Morgan fingerprint density at radius 3 is 2.57 bits per heavy atom. The SMILES string of the molecule is CN(C)C(=O)c1ccc(Cl)cc1NC(=O)C1CCNCC1. The summed E-state index contributed by atoms with van der Waals surface area (Å²) in [5.74, 6) is -0.230. The van der Waals surface area contributed by atoms with Crippen LogP contribution in [0.5, 0.6) is 0 Å². The van der Waals surface area contributed by atoms with Gasteiger partial charge in [0, 0.05) is 25.0 Å². The van der Waals surface area contributed by atoms with Gasteiger partial charge in [0.05, 0.1) is 11.3 Å². The first-order valence-corrected chi connectivity index (χ1v) is 7.39. The van der Waals surface area contributed by atoms with Gasteiger partial charge in [-0.15, -0.1) is 0 Å². The molecule has 1 aromatic rings. The number of carbonyl (C=O) groups excluding carboxylic acids is 2. The van der Waals surface area contributed by atoms with E-state index in [1.165, 1.54) is 4.90 Å². The average molecular weight is 310 g/mol. The van der Waals surface area contributed by atoms with E-state index < -0.39 is 0 Å². The van der Waals surface area contributed by atoms with Crippen LogP contribution in [0.25, 0.3) is 0 Å². The van der Waals surface area contributed by atoms with E-state index in [0.717, 1.165) is 25.9 Å². The Balaban J connectivity index is 2.19. The number of halogens is 1. The number of anilines is 1. The Hall–Kier alpha value is -1.59. The number of rotatable bonds is 3.